The summed E-state index contributed by atoms with van der Waals surface area (Å²) in [5.41, 5.74) is 2.75. The van der Waals surface area contributed by atoms with Crippen LogP contribution in [0.15, 0.2) is 12.4 Å². The minimum Gasteiger partial charge on any atom is -0.354 e. The van der Waals surface area contributed by atoms with Gasteiger partial charge in [0.15, 0.2) is 5.65 Å². The van der Waals surface area contributed by atoms with Crippen molar-refractivity contribution in [2.75, 3.05) is 19.6 Å². The number of rotatable bonds is 5. The van der Waals surface area contributed by atoms with Gasteiger partial charge in [-0.15, -0.1) is 0 Å². The number of carbonyl (C=O) groups excluding carboxylic acids is 1. The van der Waals surface area contributed by atoms with E-state index < -0.39 is 0 Å². The number of nitrogens with one attached hydrogen (secondary N) is 2. The standard InChI is InChI=1S/C18H26N6O/c25-18(13-4-2-1-3-5-13)22-10-11-24-17-16(20-8-9-21-17)15(23-24)14-6-7-19-12-14/h8-9,13-14,19H,1-7,10-12H2,(H,22,25)/t14-/m1/s1. The third-order valence-electron chi connectivity index (χ3n) is 5.44. The minimum absolute atomic E-state index is 0.197. The fourth-order valence-corrected chi connectivity index (χ4v) is 4.04. The topological polar surface area (TPSA) is 84.7 Å². The van der Waals surface area contributed by atoms with Gasteiger partial charge < -0.3 is 10.6 Å². The Morgan fingerprint density at radius 1 is 1.20 bits per heavy atom. The number of aromatic nitrogens is 4. The Morgan fingerprint density at radius 2 is 2.04 bits per heavy atom. The van der Waals surface area contributed by atoms with E-state index >= 15 is 0 Å². The highest BCUT2D eigenvalue weighted by molar-refractivity contribution is 5.78. The van der Waals surface area contributed by atoms with E-state index in [1.54, 1.807) is 12.4 Å². The molecule has 2 aromatic rings. The molecular weight excluding hydrogens is 316 g/mol. The molecule has 1 atom stereocenters. The van der Waals surface area contributed by atoms with E-state index in [0.29, 0.717) is 19.0 Å². The fraction of sp³-hybridized carbons (Fsp3) is 0.667. The molecule has 4 rings (SSSR count). The summed E-state index contributed by atoms with van der Waals surface area (Å²) >= 11 is 0. The molecular formula is C18H26N6O. The molecule has 1 aliphatic carbocycles. The van der Waals surface area contributed by atoms with Crippen LogP contribution in [-0.2, 0) is 11.3 Å². The maximum Gasteiger partial charge on any atom is 0.223 e. The molecule has 1 amide bonds. The summed E-state index contributed by atoms with van der Waals surface area (Å²) in [7, 11) is 0. The molecule has 2 aliphatic rings. The van der Waals surface area contributed by atoms with E-state index in [2.05, 4.69) is 20.6 Å². The highest BCUT2D eigenvalue weighted by Crippen LogP contribution is 2.26. The number of nitrogens with zero attached hydrogens (tertiary/aromatic N) is 4. The molecule has 2 aromatic heterocycles. The first-order valence-corrected chi connectivity index (χ1v) is 9.49. The lowest BCUT2D eigenvalue weighted by Gasteiger charge is -2.20. The Morgan fingerprint density at radius 3 is 2.84 bits per heavy atom. The highest BCUT2D eigenvalue weighted by Gasteiger charge is 2.25. The van der Waals surface area contributed by atoms with Gasteiger partial charge in [0, 0.05) is 37.3 Å². The van der Waals surface area contributed by atoms with Gasteiger partial charge in [-0.1, -0.05) is 19.3 Å². The molecule has 0 bridgehead atoms. The van der Waals surface area contributed by atoms with Crippen LogP contribution in [0.4, 0.5) is 0 Å². The molecule has 1 saturated heterocycles. The van der Waals surface area contributed by atoms with Crippen LogP contribution in [0.3, 0.4) is 0 Å². The molecule has 7 heteroatoms. The van der Waals surface area contributed by atoms with Gasteiger partial charge in [-0.05, 0) is 25.8 Å². The number of carbonyl (C=O) groups is 1. The van der Waals surface area contributed by atoms with Crippen molar-refractivity contribution >= 4 is 17.1 Å². The summed E-state index contributed by atoms with van der Waals surface area (Å²) in [5.74, 6) is 0.794. The maximum atomic E-state index is 12.3. The van der Waals surface area contributed by atoms with E-state index in [9.17, 15) is 4.79 Å². The zero-order valence-electron chi connectivity index (χ0n) is 14.6. The number of hydrogen-bond acceptors (Lipinski definition) is 5. The SMILES string of the molecule is O=C(NCCn1nc([C@@H]2CCNC2)c2nccnc21)C1CCCCC1. The molecule has 1 saturated carbocycles. The molecule has 2 fully saturated rings. The van der Waals surface area contributed by atoms with Crippen molar-refractivity contribution in [3.8, 4) is 0 Å². The molecule has 7 nitrogen and oxygen atoms in total. The molecule has 3 heterocycles. The second-order valence-corrected chi connectivity index (χ2v) is 7.15. The van der Waals surface area contributed by atoms with Gasteiger partial charge in [0.25, 0.3) is 0 Å². The molecule has 0 spiro atoms. The second kappa shape index (κ2) is 7.47. The van der Waals surface area contributed by atoms with Gasteiger partial charge >= 0.3 is 0 Å². The van der Waals surface area contributed by atoms with Crippen molar-refractivity contribution in [1.82, 2.24) is 30.4 Å². The van der Waals surface area contributed by atoms with Crippen molar-refractivity contribution in [2.45, 2.75) is 51.0 Å². The second-order valence-electron chi connectivity index (χ2n) is 7.15. The van der Waals surface area contributed by atoms with Crippen molar-refractivity contribution in [3.63, 3.8) is 0 Å². The summed E-state index contributed by atoms with van der Waals surface area (Å²) in [6.07, 6.45) is 10.2. The summed E-state index contributed by atoms with van der Waals surface area (Å²) in [5, 5.41) is 11.2. The number of fused-ring (bicyclic) bond motifs is 1. The van der Waals surface area contributed by atoms with Gasteiger partial charge in [-0.2, -0.15) is 5.10 Å². The average molecular weight is 342 g/mol. The maximum absolute atomic E-state index is 12.3. The lowest BCUT2D eigenvalue weighted by molar-refractivity contribution is -0.125. The van der Waals surface area contributed by atoms with Crippen molar-refractivity contribution < 1.29 is 4.79 Å². The van der Waals surface area contributed by atoms with E-state index in [1.807, 2.05) is 4.68 Å². The number of amides is 1. The summed E-state index contributed by atoms with van der Waals surface area (Å²) in [6, 6.07) is 0. The van der Waals surface area contributed by atoms with Gasteiger partial charge in [0.1, 0.15) is 5.52 Å². The molecule has 0 unspecified atom stereocenters. The monoisotopic (exact) mass is 342 g/mol. The lowest BCUT2D eigenvalue weighted by atomic mass is 9.89. The van der Waals surface area contributed by atoms with E-state index in [-0.39, 0.29) is 11.8 Å². The molecule has 1 aliphatic heterocycles. The predicted molar refractivity (Wildman–Crippen MR) is 95.1 cm³/mol. The van der Waals surface area contributed by atoms with Crippen LogP contribution in [0.25, 0.3) is 11.2 Å². The van der Waals surface area contributed by atoms with Crippen LogP contribution in [0.1, 0.15) is 50.1 Å². The molecule has 25 heavy (non-hydrogen) atoms. The number of hydrogen-bond donors (Lipinski definition) is 2. The van der Waals surface area contributed by atoms with E-state index in [0.717, 1.165) is 49.2 Å². The van der Waals surface area contributed by atoms with Gasteiger partial charge in [0.2, 0.25) is 5.91 Å². The normalized spacial score (nSPS) is 21.7. The van der Waals surface area contributed by atoms with Crippen LogP contribution in [0.5, 0.6) is 0 Å². The predicted octanol–water partition coefficient (Wildman–Crippen LogP) is 1.60. The molecule has 134 valence electrons. The minimum atomic E-state index is 0.197. The van der Waals surface area contributed by atoms with Crippen LogP contribution < -0.4 is 10.6 Å². The third kappa shape index (κ3) is 3.51. The Labute approximate surface area is 147 Å². The fourth-order valence-electron chi connectivity index (χ4n) is 4.04. The van der Waals surface area contributed by atoms with Gasteiger partial charge in [0.05, 0.1) is 12.2 Å². The van der Waals surface area contributed by atoms with Crippen LogP contribution in [0, 0.1) is 5.92 Å². The summed E-state index contributed by atoms with van der Waals surface area (Å²) in [4.78, 5) is 21.3. The first-order chi connectivity index (χ1) is 12.3. The van der Waals surface area contributed by atoms with Gasteiger partial charge in [-0.25, -0.2) is 14.6 Å². The smallest absolute Gasteiger partial charge is 0.223 e. The van der Waals surface area contributed by atoms with E-state index in [4.69, 9.17) is 5.10 Å². The Balaban J connectivity index is 1.43. The largest absolute Gasteiger partial charge is 0.354 e. The average Bonchev–Trinajstić information content (AvgIpc) is 3.30. The van der Waals surface area contributed by atoms with Crippen molar-refractivity contribution in [3.05, 3.63) is 18.1 Å². The third-order valence-corrected chi connectivity index (χ3v) is 5.44. The van der Waals surface area contributed by atoms with Crippen LogP contribution in [-0.4, -0.2) is 45.3 Å². The van der Waals surface area contributed by atoms with Crippen LogP contribution in [0.2, 0.25) is 0 Å². The van der Waals surface area contributed by atoms with Crippen molar-refractivity contribution in [1.29, 1.82) is 0 Å². The Kier molecular flexibility index (Phi) is 4.92. The summed E-state index contributed by atoms with van der Waals surface area (Å²) < 4.78 is 1.90. The molecule has 0 aromatic carbocycles. The van der Waals surface area contributed by atoms with Gasteiger partial charge in [-0.3, -0.25) is 4.79 Å². The first-order valence-electron chi connectivity index (χ1n) is 9.49. The first kappa shape index (κ1) is 16.4. The lowest BCUT2D eigenvalue weighted by Crippen LogP contribution is -2.34. The highest BCUT2D eigenvalue weighted by atomic mass is 16.1. The van der Waals surface area contributed by atoms with Crippen molar-refractivity contribution in [2.24, 2.45) is 5.92 Å². The summed E-state index contributed by atoms with van der Waals surface area (Å²) in [6.45, 7) is 3.19. The zero-order chi connectivity index (χ0) is 17.1. The quantitative estimate of drug-likeness (QED) is 0.862. The molecule has 2 N–H and O–H groups in total. The molecule has 0 radical (unpaired) electrons. The zero-order valence-corrected chi connectivity index (χ0v) is 14.6. The van der Waals surface area contributed by atoms with Crippen LogP contribution >= 0.6 is 0 Å². The Bertz CT molecular complexity index is 730. The van der Waals surface area contributed by atoms with E-state index in [1.165, 1.54) is 19.3 Å². The Hall–Kier alpha value is -2.02.